The maximum absolute atomic E-state index is 15.9. The van der Waals surface area contributed by atoms with Gasteiger partial charge in [-0.3, -0.25) is 19.5 Å². The quantitative estimate of drug-likeness (QED) is 0.496. The number of carbonyl (C=O) groups excluding carboxylic acids is 2. The average Bonchev–Trinajstić information content (AvgIpc) is 3.35. The van der Waals surface area contributed by atoms with Crippen LogP contribution in [0.1, 0.15) is 40.0 Å². The van der Waals surface area contributed by atoms with E-state index in [0.717, 1.165) is 0 Å². The Bertz CT molecular complexity index is 1460. The Kier molecular flexibility index (Phi) is 5.92. The standard InChI is InChI=1S/C29H35FN2O7S/c1-26-9-8-18(34)10-20(26)22(30)11-21-25(26)23(35)13-28(3)27(21,2)12-16-14-32(39-29(16,28)24(36)15-33)17-4-6-19(7-5-17)40(31,37)38/h4-10,16,21-23,25,33,35H,11-15H2,1-3H3,(H2,31,37,38). The largest absolute Gasteiger partial charge is 0.393 e. The van der Waals surface area contributed by atoms with Crippen LogP contribution in [0.5, 0.6) is 0 Å². The molecule has 1 aromatic carbocycles. The number of nitrogens with zero attached hydrogens (tertiary/aromatic N) is 1. The highest BCUT2D eigenvalue weighted by Crippen LogP contribution is 2.76. The number of rotatable bonds is 4. The van der Waals surface area contributed by atoms with Crippen LogP contribution in [0.4, 0.5) is 10.1 Å². The predicted molar refractivity (Wildman–Crippen MR) is 143 cm³/mol. The molecule has 9 unspecified atom stereocenters. The number of sulfonamides is 1. The predicted octanol–water partition coefficient (Wildman–Crippen LogP) is 2.23. The summed E-state index contributed by atoms with van der Waals surface area (Å²) in [6, 6.07) is 5.82. The number of nitrogens with two attached hydrogens (primary N) is 1. The molecular formula is C29H35FN2O7S. The number of carbonyl (C=O) groups is 2. The summed E-state index contributed by atoms with van der Waals surface area (Å²) in [5.74, 6) is -1.83. The van der Waals surface area contributed by atoms with Crippen LogP contribution in [-0.4, -0.2) is 61.2 Å². The molecule has 40 heavy (non-hydrogen) atoms. The Hall–Kier alpha value is -2.44. The van der Waals surface area contributed by atoms with Gasteiger partial charge < -0.3 is 10.2 Å². The van der Waals surface area contributed by atoms with Gasteiger partial charge in [0.2, 0.25) is 10.0 Å². The zero-order chi connectivity index (χ0) is 29.0. The first-order valence-corrected chi connectivity index (χ1v) is 15.2. The van der Waals surface area contributed by atoms with Crippen LogP contribution in [0.3, 0.4) is 0 Å². The second kappa shape index (κ2) is 8.54. The van der Waals surface area contributed by atoms with E-state index in [9.17, 15) is 28.2 Å². The lowest BCUT2D eigenvalue weighted by atomic mass is 9.41. The number of anilines is 1. The SMILES string of the molecule is CC12C=CC(=O)C=C1C(F)CC1C2C(O)CC2(C)C1(C)CC1CN(c3ccc(S(N)(=O)=O)cc3)OC12C(=O)CO. The number of alkyl halides is 1. The van der Waals surface area contributed by atoms with E-state index in [4.69, 9.17) is 9.98 Å². The number of ketones is 2. The fraction of sp³-hybridized carbons (Fsp3) is 0.586. The van der Waals surface area contributed by atoms with E-state index in [1.54, 1.807) is 23.3 Å². The van der Waals surface area contributed by atoms with Crippen molar-refractivity contribution in [1.29, 1.82) is 0 Å². The van der Waals surface area contributed by atoms with Crippen LogP contribution in [0.15, 0.2) is 53.0 Å². The maximum atomic E-state index is 15.9. The molecule has 0 aromatic heterocycles. The summed E-state index contributed by atoms with van der Waals surface area (Å²) in [4.78, 5) is 32.3. The second-order valence-electron chi connectivity index (χ2n) is 12.9. The van der Waals surface area contributed by atoms with Crippen LogP contribution in [-0.2, 0) is 24.4 Å². The minimum absolute atomic E-state index is 0.0591. The molecule has 0 amide bonds. The maximum Gasteiger partial charge on any atom is 0.238 e. The topological polar surface area (TPSA) is 147 Å². The van der Waals surface area contributed by atoms with Crippen molar-refractivity contribution in [3.63, 3.8) is 0 Å². The van der Waals surface area contributed by atoms with Gasteiger partial charge in [-0.25, -0.2) is 17.9 Å². The van der Waals surface area contributed by atoms with Crippen LogP contribution in [0.25, 0.3) is 0 Å². The average molecular weight is 575 g/mol. The highest BCUT2D eigenvalue weighted by atomic mass is 32.2. The van der Waals surface area contributed by atoms with Crippen LogP contribution < -0.4 is 10.2 Å². The summed E-state index contributed by atoms with van der Waals surface area (Å²) in [5, 5.41) is 28.7. The number of hydrogen-bond donors (Lipinski definition) is 3. The molecule has 9 atom stereocenters. The van der Waals surface area contributed by atoms with Crippen LogP contribution >= 0.6 is 0 Å². The van der Waals surface area contributed by atoms with Gasteiger partial charge in [0.1, 0.15) is 12.8 Å². The number of benzene rings is 1. The molecule has 1 aliphatic heterocycles. The molecule has 1 aromatic rings. The number of Topliss-reactive ketones (excluding diaryl/α,β-unsaturated/α-hetero) is 1. The van der Waals surface area contributed by atoms with E-state index in [1.807, 2.05) is 13.8 Å². The van der Waals surface area contributed by atoms with E-state index >= 15 is 4.39 Å². The fourth-order valence-corrected chi connectivity index (χ4v) is 9.88. The molecule has 1 heterocycles. The van der Waals surface area contributed by atoms with E-state index in [2.05, 4.69) is 6.92 Å². The number of aliphatic hydroxyl groups is 2. The Morgan fingerprint density at radius 2 is 1.88 bits per heavy atom. The Labute approximate surface area is 232 Å². The van der Waals surface area contributed by atoms with Crippen molar-refractivity contribution in [3.05, 3.63) is 48.1 Å². The zero-order valence-corrected chi connectivity index (χ0v) is 23.5. The molecule has 0 spiro atoms. The van der Waals surface area contributed by atoms with Crippen molar-refractivity contribution in [2.24, 2.45) is 39.1 Å². The molecule has 4 N–H and O–H groups in total. The van der Waals surface area contributed by atoms with Gasteiger partial charge in [0, 0.05) is 22.7 Å². The van der Waals surface area contributed by atoms with Crippen molar-refractivity contribution in [3.8, 4) is 0 Å². The number of fused-ring (bicyclic) bond motifs is 7. The van der Waals surface area contributed by atoms with E-state index in [1.165, 1.54) is 24.3 Å². The molecule has 4 fully saturated rings. The highest BCUT2D eigenvalue weighted by Gasteiger charge is 2.79. The number of hydrogen-bond acceptors (Lipinski definition) is 8. The van der Waals surface area contributed by atoms with Gasteiger partial charge in [-0.2, -0.15) is 0 Å². The van der Waals surface area contributed by atoms with Crippen molar-refractivity contribution >= 4 is 27.3 Å². The Morgan fingerprint density at radius 1 is 1.20 bits per heavy atom. The normalized spacial score (nSPS) is 44.0. The number of primary sulfonamides is 1. The molecule has 216 valence electrons. The minimum Gasteiger partial charge on any atom is -0.393 e. The Balaban J connectivity index is 1.42. The molecule has 6 rings (SSSR count). The van der Waals surface area contributed by atoms with Crippen molar-refractivity contribution < 1.29 is 37.4 Å². The summed E-state index contributed by atoms with van der Waals surface area (Å²) in [6.45, 7) is 5.38. The zero-order valence-electron chi connectivity index (χ0n) is 22.7. The smallest absolute Gasteiger partial charge is 0.238 e. The lowest BCUT2D eigenvalue weighted by Gasteiger charge is -2.64. The van der Waals surface area contributed by atoms with Gasteiger partial charge in [0.15, 0.2) is 17.2 Å². The fourth-order valence-electron chi connectivity index (χ4n) is 9.37. The first kappa shape index (κ1) is 27.7. The van der Waals surface area contributed by atoms with Gasteiger partial charge in [-0.05, 0) is 72.6 Å². The molecule has 0 radical (unpaired) electrons. The summed E-state index contributed by atoms with van der Waals surface area (Å²) in [7, 11) is -3.89. The molecular weight excluding hydrogens is 539 g/mol. The number of allylic oxidation sites excluding steroid dienone is 4. The first-order valence-electron chi connectivity index (χ1n) is 13.6. The molecule has 4 aliphatic carbocycles. The van der Waals surface area contributed by atoms with Gasteiger partial charge in [-0.1, -0.05) is 26.8 Å². The lowest BCUT2D eigenvalue weighted by Crippen LogP contribution is -2.67. The third-order valence-corrected chi connectivity index (χ3v) is 12.2. The molecule has 0 bridgehead atoms. The third-order valence-electron chi connectivity index (χ3n) is 11.3. The van der Waals surface area contributed by atoms with Crippen molar-refractivity contribution in [2.45, 2.75) is 62.8 Å². The van der Waals surface area contributed by atoms with Gasteiger partial charge in [-0.15, -0.1) is 0 Å². The van der Waals surface area contributed by atoms with E-state index < -0.39 is 56.5 Å². The molecule has 3 saturated carbocycles. The van der Waals surface area contributed by atoms with Crippen molar-refractivity contribution in [1.82, 2.24) is 0 Å². The van der Waals surface area contributed by atoms with Crippen molar-refractivity contribution in [2.75, 3.05) is 18.2 Å². The summed E-state index contributed by atoms with van der Waals surface area (Å²) >= 11 is 0. The summed E-state index contributed by atoms with van der Waals surface area (Å²) < 4.78 is 39.3. The molecule has 1 saturated heterocycles. The Morgan fingerprint density at radius 3 is 2.50 bits per heavy atom. The van der Waals surface area contributed by atoms with Gasteiger partial charge in [0.25, 0.3) is 0 Å². The van der Waals surface area contributed by atoms with Crippen LogP contribution in [0, 0.1) is 34.0 Å². The molecule has 11 heteroatoms. The lowest BCUT2D eigenvalue weighted by molar-refractivity contribution is -0.216. The summed E-state index contributed by atoms with van der Waals surface area (Å²) in [6.07, 6.45) is 3.06. The second-order valence-corrected chi connectivity index (χ2v) is 14.4. The molecule has 5 aliphatic rings. The van der Waals surface area contributed by atoms with Gasteiger partial charge >= 0.3 is 0 Å². The first-order chi connectivity index (χ1) is 18.6. The van der Waals surface area contributed by atoms with Crippen LogP contribution in [0.2, 0.25) is 0 Å². The third kappa shape index (κ3) is 3.35. The van der Waals surface area contributed by atoms with E-state index in [-0.39, 0.29) is 47.8 Å². The number of halogens is 1. The molecule has 9 nitrogen and oxygen atoms in total. The number of aliphatic hydroxyl groups excluding tert-OH is 2. The van der Waals surface area contributed by atoms with Gasteiger partial charge in [0.05, 0.1) is 23.2 Å². The highest BCUT2D eigenvalue weighted by molar-refractivity contribution is 7.89. The van der Waals surface area contributed by atoms with E-state index in [0.29, 0.717) is 17.7 Å². The minimum atomic E-state index is -3.89. The monoisotopic (exact) mass is 574 g/mol. The summed E-state index contributed by atoms with van der Waals surface area (Å²) in [5.41, 5.74) is -3.01. The number of hydroxylamine groups is 1.